The molecule has 1 aliphatic heterocycles. The number of nitrogens with zero attached hydrogens (tertiary/aromatic N) is 3. The highest BCUT2D eigenvalue weighted by atomic mass is 32.2. The van der Waals surface area contributed by atoms with Crippen molar-refractivity contribution in [3.05, 3.63) is 47.5 Å². The zero-order valence-electron chi connectivity index (χ0n) is 23.0. The van der Waals surface area contributed by atoms with Gasteiger partial charge >= 0.3 is 5.97 Å². The van der Waals surface area contributed by atoms with E-state index in [9.17, 15) is 13.2 Å². The van der Waals surface area contributed by atoms with Gasteiger partial charge in [0.05, 0.1) is 35.7 Å². The molecule has 0 N–H and O–H groups in total. The summed E-state index contributed by atoms with van der Waals surface area (Å²) in [5, 5.41) is 0.779. The number of hydrogen-bond donors (Lipinski definition) is 0. The Kier molecular flexibility index (Phi) is 9.92. The van der Waals surface area contributed by atoms with Gasteiger partial charge in [0.2, 0.25) is 10.0 Å². The highest BCUT2D eigenvalue weighted by Crippen LogP contribution is 2.33. The minimum Gasteiger partial charge on any atom is -0.496 e. The van der Waals surface area contributed by atoms with Gasteiger partial charge in [0, 0.05) is 44.2 Å². The van der Waals surface area contributed by atoms with E-state index < -0.39 is 16.0 Å². The van der Waals surface area contributed by atoms with Crippen LogP contribution in [0, 0.1) is 5.92 Å². The van der Waals surface area contributed by atoms with Crippen molar-refractivity contribution in [2.45, 2.75) is 55.5 Å². The van der Waals surface area contributed by atoms with Gasteiger partial charge in [0.1, 0.15) is 5.75 Å². The SMILES string of the molecule is CCOCCCn1c(SCc2ccc(C(=O)OC)cc2OC)nc2cc(S(=O)(=O)N3CCC[C@@H](C)C3)ccc21. The standard InChI is InChI=1S/C28H37N3O6S2/c1-5-37-15-7-14-31-25-12-11-23(39(33,34)30-13-6-8-20(2)18-30)17-24(25)29-28(31)38-19-22-10-9-21(27(32)36-4)16-26(22)35-3/h9-12,16-17,20H,5-8,13-15,18-19H2,1-4H3/t20-/m1/s1. The van der Waals surface area contributed by atoms with Gasteiger partial charge in [-0.1, -0.05) is 24.8 Å². The zero-order chi connectivity index (χ0) is 28.0. The summed E-state index contributed by atoms with van der Waals surface area (Å²) >= 11 is 1.54. The van der Waals surface area contributed by atoms with Gasteiger partial charge in [0.15, 0.2) is 5.16 Å². The summed E-state index contributed by atoms with van der Waals surface area (Å²) in [6.07, 6.45) is 2.73. The van der Waals surface area contributed by atoms with Crippen LogP contribution >= 0.6 is 11.8 Å². The van der Waals surface area contributed by atoms with E-state index in [1.165, 1.54) is 18.9 Å². The summed E-state index contributed by atoms with van der Waals surface area (Å²) in [7, 11) is -0.675. The summed E-state index contributed by atoms with van der Waals surface area (Å²) in [5.41, 5.74) is 2.86. The van der Waals surface area contributed by atoms with Crippen LogP contribution in [0.5, 0.6) is 5.75 Å². The Morgan fingerprint density at radius 1 is 1.18 bits per heavy atom. The minimum absolute atomic E-state index is 0.277. The van der Waals surface area contributed by atoms with Crippen LogP contribution in [0.25, 0.3) is 11.0 Å². The van der Waals surface area contributed by atoms with E-state index in [0.717, 1.165) is 35.5 Å². The molecule has 212 valence electrons. The van der Waals surface area contributed by atoms with Crippen LogP contribution in [0.1, 0.15) is 49.0 Å². The van der Waals surface area contributed by atoms with Gasteiger partial charge in [-0.2, -0.15) is 4.31 Å². The Labute approximate surface area is 234 Å². The number of fused-ring (bicyclic) bond motifs is 1. The molecule has 1 saturated heterocycles. The number of carbonyl (C=O) groups excluding carboxylic acids is 1. The summed E-state index contributed by atoms with van der Waals surface area (Å²) in [5.74, 6) is 1.07. The second-order valence-corrected chi connectivity index (χ2v) is 12.5. The van der Waals surface area contributed by atoms with E-state index in [0.29, 0.717) is 61.3 Å². The second-order valence-electron chi connectivity index (χ2n) is 9.66. The largest absolute Gasteiger partial charge is 0.496 e. The third-order valence-electron chi connectivity index (χ3n) is 6.88. The molecule has 0 spiro atoms. The summed E-state index contributed by atoms with van der Waals surface area (Å²) < 4.78 is 46.4. The average Bonchev–Trinajstić information content (AvgIpc) is 3.30. The molecule has 1 fully saturated rings. The number of ether oxygens (including phenoxy) is 3. The molecule has 3 aromatic rings. The van der Waals surface area contributed by atoms with Gasteiger partial charge in [-0.05, 0) is 62.4 Å². The van der Waals surface area contributed by atoms with Crippen LogP contribution in [0.3, 0.4) is 0 Å². The molecule has 1 aliphatic rings. The average molecular weight is 576 g/mol. The first-order chi connectivity index (χ1) is 18.8. The van der Waals surface area contributed by atoms with Crippen molar-refractivity contribution >= 4 is 38.8 Å². The maximum absolute atomic E-state index is 13.4. The molecule has 11 heteroatoms. The molecule has 4 rings (SSSR count). The van der Waals surface area contributed by atoms with Gasteiger partial charge in [-0.25, -0.2) is 18.2 Å². The number of methoxy groups -OCH3 is 2. The lowest BCUT2D eigenvalue weighted by Gasteiger charge is -2.30. The maximum Gasteiger partial charge on any atom is 0.337 e. The molecular formula is C28H37N3O6S2. The number of piperidine rings is 1. The van der Waals surface area contributed by atoms with Gasteiger partial charge in [0.25, 0.3) is 0 Å². The number of benzene rings is 2. The Bertz CT molecular complexity index is 1410. The van der Waals surface area contributed by atoms with Crippen LogP contribution in [-0.4, -0.2) is 68.8 Å². The topological polar surface area (TPSA) is 100.0 Å². The fourth-order valence-corrected chi connectivity index (χ4v) is 7.46. The molecule has 0 radical (unpaired) electrons. The lowest BCUT2D eigenvalue weighted by molar-refractivity contribution is 0.0600. The molecule has 0 unspecified atom stereocenters. The Morgan fingerprint density at radius 2 is 2.00 bits per heavy atom. The predicted octanol–water partition coefficient (Wildman–Crippen LogP) is 4.97. The molecule has 1 aromatic heterocycles. The number of sulfonamides is 1. The van der Waals surface area contributed by atoms with E-state index in [4.69, 9.17) is 19.2 Å². The quantitative estimate of drug-likeness (QED) is 0.170. The molecule has 0 amide bonds. The number of aryl methyl sites for hydroxylation is 1. The van der Waals surface area contributed by atoms with Crippen molar-refractivity contribution in [1.29, 1.82) is 0 Å². The zero-order valence-corrected chi connectivity index (χ0v) is 24.6. The van der Waals surface area contributed by atoms with Gasteiger partial charge < -0.3 is 18.8 Å². The maximum atomic E-state index is 13.4. The predicted molar refractivity (Wildman–Crippen MR) is 152 cm³/mol. The number of imidazole rings is 1. The van der Waals surface area contributed by atoms with Crippen molar-refractivity contribution < 1.29 is 27.4 Å². The summed E-state index contributed by atoms with van der Waals surface area (Å²) in [6, 6.07) is 10.5. The van der Waals surface area contributed by atoms with E-state index in [2.05, 4.69) is 11.5 Å². The van der Waals surface area contributed by atoms with Gasteiger partial charge in [-0.15, -0.1) is 0 Å². The molecule has 1 atom stereocenters. The second kappa shape index (κ2) is 13.2. The van der Waals surface area contributed by atoms with Crippen LogP contribution in [0.2, 0.25) is 0 Å². The number of rotatable bonds is 12. The number of hydrogen-bond acceptors (Lipinski definition) is 8. The Hall–Kier alpha value is -2.60. The van der Waals surface area contributed by atoms with Crippen molar-refractivity contribution in [2.75, 3.05) is 40.5 Å². The first-order valence-corrected chi connectivity index (χ1v) is 15.7. The fraction of sp³-hybridized carbons (Fsp3) is 0.500. The van der Waals surface area contributed by atoms with Crippen molar-refractivity contribution in [1.82, 2.24) is 13.9 Å². The molecule has 9 nitrogen and oxygen atoms in total. The summed E-state index contributed by atoms with van der Waals surface area (Å²) in [4.78, 5) is 17.1. The van der Waals surface area contributed by atoms with Crippen molar-refractivity contribution in [3.63, 3.8) is 0 Å². The lowest BCUT2D eigenvalue weighted by Crippen LogP contribution is -2.39. The molecule has 2 heterocycles. The van der Waals surface area contributed by atoms with E-state index in [-0.39, 0.29) is 4.90 Å². The van der Waals surface area contributed by atoms with Crippen molar-refractivity contribution in [3.8, 4) is 5.75 Å². The highest BCUT2D eigenvalue weighted by Gasteiger charge is 2.29. The molecule has 39 heavy (non-hydrogen) atoms. The third kappa shape index (κ3) is 6.77. The Morgan fingerprint density at radius 3 is 2.72 bits per heavy atom. The molecule has 0 bridgehead atoms. The first-order valence-electron chi connectivity index (χ1n) is 13.2. The summed E-state index contributed by atoms with van der Waals surface area (Å²) in [6.45, 7) is 7.13. The normalized spacial score (nSPS) is 16.5. The highest BCUT2D eigenvalue weighted by molar-refractivity contribution is 7.98. The smallest absolute Gasteiger partial charge is 0.337 e. The van der Waals surface area contributed by atoms with Crippen LogP contribution < -0.4 is 4.74 Å². The number of esters is 1. The van der Waals surface area contributed by atoms with Crippen molar-refractivity contribution in [2.24, 2.45) is 5.92 Å². The number of thioether (sulfide) groups is 1. The van der Waals surface area contributed by atoms with Crippen LogP contribution in [0.4, 0.5) is 0 Å². The molecule has 0 saturated carbocycles. The Balaban J connectivity index is 1.63. The molecular weight excluding hydrogens is 538 g/mol. The monoisotopic (exact) mass is 575 g/mol. The number of aromatic nitrogens is 2. The van der Waals surface area contributed by atoms with Gasteiger partial charge in [-0.3, -0.25) is 0 Å². The molecule has 2 aromatic carbocycles. The van der Waals surface area contributed by atoms with E-state index in [1.807, 2.05) is 19.1 Å². The lowest BCUT2D eigenvalue weighted by atomic mass is 10.0. The fourth-order valence-electron chi connectivity index (χ4n) is 4.81. The molecule has 0 aliphatic carbocycles. The third-order valence-corrected chi connectivity index (χ3v) is 9.77. The number of carbonyl (C=O) groups is 1. The van der Waals surface area contributed by atoms with Crippen LogP contribution in [0.15, 0.2) is 46.5 Å². The minimum atomic E-state index is -3.59. The van der Waals surface area contributed by atoms with E-state index >= 15 is 0 Å². The van der Waals surface area contributed by atoms with Crippen LogP contribution in [-0.2, 0) is 31.8 Å². The first kappa shape index (κ1) is 29.4. The van der Waals surface area contributed by atoms with E-state index in [1.54, 1.807) is 35.7 Å².